The van der Waals surface area contributed by atoms with Crippen LogP contribution in [0.4, 0.5) is 10.9 Å². The van der Waals surface area contributed by atoms with Crippen LogP contribution in [0, 0.1) is 5.41 Å². The van der Waals surface area contributed by atoms with Gasteiger partial charge in [0.05, 0.1) is 5.41 Å². The molecule has 7 heteroatoms. The standard InChI is InChI=1S/C23H27N5OS/c1-23(2,21(29)26-22-27-25-16-30-22)20(17-9-5-3-6-10-17)18-11-12-19(24-15-18)28-13-7-4-8-14-28/h3,5-6,9-12,15-16,20H,4,7-8,13-14H2,1-2H3,(H,26,27,29). The third-order valence-corrected chi connectivity index (χ3v) is 6.41. The summed E-state index contributed by atoms with van der Waals surface area (Å²) in [5, 5.41) is 11.2. The largest absolute Gasteiger partial charge is 0.357 e. The van der Waals surface area contributed by atoms with Crippen LogP contribution in [0.5, 0.6) is 0 Å². The fraction of sp³-hybridized carbons (Fsp3) is 0.391. The molecule has 1 unspecified atom stereocenters. The van der Waals surface area contributed by atoms with Crippen molar-refractivity contribution in [3.63, 3.8) is 0 Å². The zero-order valence-corrected chi connectivity index (χ0v) is 18.2. The van der Waals surface area contributed by atoms with Gasteiger partial charge in [0, 0.05) is 25.2 Å². The summed E-state index contributed by atoms with van der Waals surface area (Å²) in [6.45, 7) is 6.06. The van der Waals surface area contributed by atoms with Gasteiger partial charge in [-0.2, -0.15) is 0 Å². The predicted molar refractivity (Wildman–Crippen MR) is 121 cm³/mol. The summed E-state index contributed by atoms with van der Waals surface area (Å²) >= 11 is 1.32. The van der Waals surface area contributed by atoms with E-state index in [9.17, 15) is 4.79 Å². The van der Waals surface area contributed by atoms with E-state index in [-0.39, 0.29) is 11.8 Å². The Morgan fingerprint density at radius 3 is 2.47 bits per heavy atom. The first-order valence-electron chi connectivity index (χ1n) is 10.4. The van der Waals surface area contributed by atoms with E-state index in [0.717, 1.165) is 30.0 Å². The number of anilines is 2. The molecule has 156 valence electrons. The van der Waals surface area contributed by atoms with E-state index >= 15 is 0 Å². The molecule has 1 saturated heterocycles. The second-order valence-electron chi connectivity index (χ2n) is 8.26. The van der Waals surface area contributed by atoms with Crippen LogP contribution >= 0.6 is 11.3 Å². The van der Waals surface area contributed by atoms with Gasteiger partial charge in [-0.05, 0) is 36.5 Å². The van der Waals surface area contributed by atoms with E-state index < -0.39 is 5.41 Å². The Bertz CT molecular complexity index is 951. The van der Waals surface area contributed by atoms with Gasteiger partial charge in [0.1, 0.15) is 11.3 Å². The molecule has 0 bridgehead atoms. The van der Waals surface area contributed by atoms with E-state index in [1.54, 1.807) is 5.51 Å². The summed E-state index contributed by atoms with van der Waals surface area (Å²) in [7, 11) is 0. The molecule has 1 amide bonds. The van der Waals surface area contributed by atoms with Crippen molar-refractivity contribution in [3.05, 3.63) is 65.3 Å². The molecule has 4 rings (SSSR count). The number of aromatic nitrogens is 3. The number of carbonyl (C=O) groups excluding carboxylic acids is 1. The fourth-order valence-electron chi connectivity index (χ4n) is 4.17. The molecule has 1 atom stereocenters. The molecule has 0 saturated carbocycles. The number of nitrogens with zero attached hydrogens (tertiary/aromatic N) is 4. The lowest BCUT2D eigenvalue weighted by molar-refractivity contribution is -0.124. The van der Waals surface area contributed by atoms with Crippen LogP contribution in [-0.4, -0.2) is 34.2 Å². The van der Waals surface area contributed by atoms with E-state index in [0.29, 0.717) is 5.13 Å². The van der Waals surface area contributed by atoms with Gasteiger partial charge >= 0.3 is 0 Å². The molecule has 1 aliphatic heterocycles. The normalized spacial score (nSPS) is 15.6. The van der Waals surface area contributed by atoms with E-state index in [2.05, 4.69) is 44.7 Å². The molecule has 0 radical (unpaired) electrons. The van der Waals surface area contributed by atoms with E-state index in [4.69, 9.17) is 4.98 Å². The molecule has 30 heavy (non-hydrogen) atoms. The Labute approximate surface area is 181 Å². The number of rotatable bonds is 6. The highest BCUT2D eigenvalue weighted by Crippen LogP contribution is 2.42. The number of amides is 1. The molecule has 3 heterocycles. The topological polar surface area (TPSA) is 71.0 Å². The van der Waals surface area contributed by atoms with Crippen molar-refractivity contribution in [3.8, 4) is 0 Å². The minimum atomic E-state index is -0.721. The van der Waals surface area contributed by atoms with Crippen LogP contribution in [-0.2, 0) is 4.79 Å². The lowest BCUT2D eigenvalue weighted by Crippen LogP contribution is -2.37. The van der Waals surface area contributed by atoms with Crippen LogP contribution < -0.4 is 10.2 Å². The average Bonchev–Trinajstić information content (AvgIpc) is 3.29. The third kappa shape index (κ3) is 4.36. The van der Waals surface area contributed by atoms with Crippen LogP contribution in [0.3, 0.4) is 0 Å². The Hall–Kier alpha value is -2.80. The van der Waals surface area contributed by atoms with Gasteiger partial charge in [-0.1, -0.05) is 61.6 Å². The minimum Gasteiger partial charge on any atom is -0.357 e. The monoisotopic (exact) mass is 421 g/mol. The summed E-state index contributed by atoms with van der Waals surface area (Å²) in [4.78, 5) is 20.4. The Morgan fingerprint density at radius 2 is 1.83 bits per heavy atom. The van der Waals surface area contributed by atoms with E-state index in [1.165, 1.54) is 30.6 Å². The molecular formula is C23H27N5OS. The number of piperidine rings is 1. The van der Waals surface area contributed by atoms with Crippen molar-refractivity contribution in [2.75, 3.05) is 23.3 Å². The van der Waals surface area contributed by atoms with Gasteiger partial charge in [0.15, 0.2) is 0 Å². The van der Waals surface area contributed by atoms with Crippen LogP contribution in [0.25, 0.3) is 0 Å². The SMILES string of the molecule is CC(C)(C(=O)Nc1nncs1)C(c1ccccc1)c1ccc(N2CCCCC2)nc1. The first-order chi connectivity index (χ1) is 14.6. The Balaban J connectivity index is 1.65. The quantitative estimate of drug-likeness (QED) is 0.624. The van der Waals surface area contributed by atoms with Gasteiger partial charge in [0.2, 0.25) is 11.0 Å². The number of carbonyl (C=O) groups is 1. The maximum absolute atomic E-state index is 13.2. The van der Waals surface area contributed by atoms with Gasteiger partial charge in [-0.15, -0.1) is 10.2 Å². The Kier molecular flexibility index (Phi) is 6.08. The number of pyridine rings is 1. The molecule has 6 nitrogen and oxygen atoms in total. The number of nitrogens with one attached hydrogen (secondary N) is 1. The van der Waals surface area contributed by atoms with Gasteiger partial charge in [-0.3, -0.25) is 4.79 Å². The van der Waals surface area contributed by atoms with Crippen molar-refractivity contribution < 1.29 is 4.79 Å². The van der Waals surface area contributed by atoms with E-state index in [1.807, 2.05) is 38.2 Å². The molecule has 3 aromatic rings. The molecule has 1 fully saturated rings. The first kappa shape index (κ1) is 20.5. The summed E-state index contributed by atoms with van der Waals surface area (Å²) in [5.74, 6) is 0.782. The summed E-state index contributed by atoms with van der Waals surface area (Å²) < 4.78 is 0. The van der Waals surface area contributed by atoms with Crippen molar-refractivity contribution in [1.82, 2.24) is 15.2 Å². The minimum absolute atomic E-state index is 0.0896. The summed E-state index contributed by atoms with van der Waals surface area (Å²) in [6.07, 6.45) is 5.66. The van der Waals surface area contributed by atoms with Crippen LogP contribution in [0.1, 0.15) is 50.2 Å². The molecule has 0 aliphatic carbocycles. The Morgan fingerprint density at radius 1 is 1.07 bits per heavy atom. The fourth-order valence-corrected chi connectivity index (χ4v) is 4.61. The molecule has 1 N–H and O–H groups in total. The first-order valence-corrected chi connectivity index (χ1v) is 11.3. The van der Waals surface area contributed by atoms with Gasteiger partial charge in [-0.25, -0.2) is 4.98 Å². The smallest absolute Gasteiger partial charge is 0.232 e. The zero-order valence-electron chi connectivity index (χ0n) is 17.4. The summed E-state index contributed by atoms with van der Waals surface area (Å²) in [6, 6.07) is 14.4. The van der Waals surface area contributed by atoms with Crippen LogP contribution in [0.15, 0.2) is 54.2 Å². The molecule has 1 aliphatic rings. The number of hydrogen-bond donors (Lipinski definition) is 1. The molecule has 0 spiro atoms. The maximum atomic E-state index is 13.2. The van der Waals surface area contributed by atoms with Crippen molar-refractivity contribution in [2.45, 2.75) is 39.0 Å². The second-order valence-corrected chi connectivity index (χ2v) is 9.09. The highest BCUT2D eigenvalue weighted by atomic mass is 32.1. The molecule has 2 aromatic heterocycles. The number of hydrogen-bond acceptors (Lipinski definition) is 6. The van der Waals surface area contributed by atoms with Gasteiger partial charge in [0.25, 0.3) is 0 Å². The highest BCUT2D eigenvalue weighted by molar-refractivity contribution is 7.13. The average molecular weight is 422 g/mol. The maximum Gasteiger partial charge on any atom is 0.232 e. The van der Waals surface area contributed by atoms with Crippen molar-refractivity contribution in [1.29, 1.82) is 0 Å². The summed E-state index contributed by atoms with van der Waals surface area (Å²) in [5.41, 5.74) is 3.00. The van der Waals surface area contributed by atoms with Crippen LogP contribution in [0.2, 0.25) is 0 Å². The van der Waals surface area contributed by atoms with Gasteiger partial charge < -0.3 is 10.2 Å². The zero-order chi connectivity index (χ0) is 21.0. The van der Waals surface area contributed by atoms with Crippen molar-refractivity contribution in [2.24, 2.45) is 5.41 Å². The predicted octanol–water partition coefficient (Wildman–Crippen LogP) is 4.72. The highest BCUT2D eigenvalue weighted by Gasteiger charge is 2.39. The second kappa shape index (κ2) is 8.92. The third-order valence-electron chi connectivity index (χ3n) is 5.80. The number of benzene rings is 1. The molecular weight excluding hydrogens is 394 g/mol. The molecule has 1 aromatic carbocycles. The van der Waals surface area contributed by atoms with Crippen molar-refractivity contribution >= 4 is 28.2 Å². The lowest BCUT2D eigenvalue weighted by atomic mass is 9.71. The lowest BCUT2D eigenvalue weighted by Gasteiger charge is -2.34.